The van der Waals surface area contributed by atoms with E-state index in [0.717, 1.165) is 15.8 Å². The summed E-state index contributed by atoms with van der Waals surface area (Å²) < 4.78 is 8.49. The van der Waals surface area contributed by atoms with Gasteiger partial charge in [-0.3, -0.25) is 0 Å². The standard InChI is InChI=1S/C14H14BrN3O/c1-9(2)14-16-13(19-17-14)8-18-7-6-10-11(15)4-3-5-12(10)18/h3-7,9H,8H2,1-2H3. The SMILES string of the molecule is CC(C)c1noc(Cn2ccc3c(Br)cccc32)n1. The highest BCUT2D eigenvalue weighted by Crippen LogP contribution is 2.25. The molecule has 0 aliphatic rings. The average molecular weight is 320 g/mol. The van der Waals surface area contributed by atoms with Gasteiger partial charge in [0.05, 0.1) is 0 Å². The predicted octanol–water partition coefficient (Wildman–Crippen LogP) is 3.96. The first-order valence-electron chi connectivity index (χ1n) is 6.21. The van der Waals surface area contributed by atoms with E-state index >= 15 is 0 Å². The van der Waals surface area contributed by atoms with E-state index in [0.29, 0.717) is 12.4 Å². The van der Waals surface area contributed by atoms with Gasteiger partial charge in [0.25, 0.3) is 0 Å². The summed E-state index contributed by atoms with van der Waals surface area (Å²) >= 11 is 3.55. The summed E-state index contributed by atoms with van der Waals surface area (Å²) in [6.07, 6.45) is 2.04. The minimum atomic E-state index is 0.285. The first-order valence-corrected chi connectivity index (χ1v) is 7.00. The van der Waals surface area contributed by atoms with E-state index in [9.17, 15) is 0 Å². The van der Waals surface area contributed by atoms with Gasteiger partial charge >= 0.3 is 0 Å². The molecule has 0 radical (unpaired) electrons. The van der Waals surface area contributed by atoms with Crippen molar-refractivity contribution in [3.05, 3.63) is 46.7 Å². The van der Waals surface area contributed by atoms with E-state index in [-0.39, 0.29) is 5.92 Å². The summed E-state index contributed by atoms with van der Waals surface area (Å²) in [6, 6.07) is 8.23. The normalized spacial score (nSPS) is 11.6. The van der Waals surface area contributed by atoms with Gasteiger partial charge in [-0.05, 0) is 18.2 Å². The molecule has 0 fully saturated rings. The molecule has 0 unspecified atom stereocenters. The Kier molecular flexibility index (Phi) is 3.14. The number of rotatable bonds is 3. The molecule has 98 valence electrons. The lowest BCUT2D eigenvalue weighted by atomic mass is 10.2. The summed E-state index contributed by atoms with van der Waals surface area (Å²) in [7, 11) is 0. The van der Waals surface area contributed by atoms with Crippen molar-refractivity contribution in [1.29, 1.82) is 0 Å². The van der Waals surface area contributed by atoms with Crippen molar-refractivity contribution in [1.82, 2.24) is 14.7 Å². The maximum Gasteiger partial charge on any atom is 0.246 e. The lowest BCUT2D eigenvalue weighted by molar-refractivity contribution is 0.366. The maximum absolute atomic E-state index is 5.28. The van der Waals surface area contributed by atoms with Gasteiger partial charge in [-0.15, -0.1) is 0 Å². The zero-order chi connectivity index (χ0) is 13.4. The number of fused-ring (bicyclic) bond motifs is 1. The van der Waals surface area contributed by atoms with E-state index < -0.39 is 0 Å². The maximum atomic E-state index is 5.28. The van der Waals surface area contributed by atoms with Crippen molar-refractivity contribution in [2.24, 2.45) is 0 Å². The van der Waals surface area contributed by atoms with Crippen LogP contribution in [0.1, 0.15) is 31.5 Å². The Morgan fingerprint density at radius 1 is 1.32 bits per heavy atom. The Balaban J connectivity index is 1.94. The fraction of sp³-hybridized carbons (Fsp3) is 0.286. The average Bonchev–Trinajstić information content (AvgIpc) is 2.98. The van der Waals surface area contributed by atoms with Crippen LogP contribution < -0.4 is 0 Å². The highest BCUT2D eigenvalue weighted by Gasteiger charge is 2.11. The van der Waals surface area contributed by atoms with Gasteiger partial charge in [0.15, 0.2) is 5.82 Å². The smallest absolute Gasteiger partial charge is 0.246 e. The van der Waals surface area contributed by atoms with Crippen molar-refractivity contribution >= 4 is 26.8 Å². The summed E-state index contributed by atoms with van der Waals surface area (Å²) in [5.74, 6) is 1.68. The van der Waals surface area contributed by atoms with Crippen molar-refractivity contribution < 1.29 is 4.52 Å². The molecule has 0 spiro atoms. The Bertz CT molecular complexity index is 714. The molecule has 4 nitrogen and oxygen atoms in total. The minimum absolute atomic E-state index is 0.285. The Morgan fingerprint density at radius 2 is 2.16 bits per heavy atom. The molecule has 3 rings (SSSR count). The zero-order valence-electron chi connectivity index (χ0n) is 10.8. The van der Waals surface area contributed by atoms with Crippen molar-refractivity contribution in [2.45, 2.75) is 26.3 Å². The molecule has 3 aromatic rings. The second-order valence-electron chi connectivity index (χ2n) is 4.82. The molecule has 0 saturated carbocycles. The van der Waals surface area contributed by atoms with Crippen LogP contribution in [-0.2, 0) is 6.54 Å². The van der Waals surface area contributed by atoms with Crippen LogP contribution in [0, 0.1) is 0 Å². The monoisotopic (exact) mass is 319 g/mol. The van der Waals surface area contributed by atoms with Crippen LogP contribution in [0.3, 0.4) is 0 Å². The zero-order valence-corrected chi connectivity index (χ0v) is 12.4. The lowest BCUT2D eigenvalue weighted by Crippen LogP contribution is -1.98. The molecule has 2 aromatic heterocycles. The predicted molar refractivity (Wildman–Crippen MR) is 77.1 cm³/mol. The van der Waals surface area contributed by atoms with Gasteiger partial charge in [0.2, 0.25) is 5.89 Å². The first kappa shape index (κ1) is 12.4. The molecule has 0 aliphatic heterocycles. The molecule has 19 heavy (non-hydrogen) atoms. The van der Waals surface area contributed by atoms with Crippen LogP contribution in [0.4, 0.5) is 0 Å². The number of benzene rings is 1. The van der Waals surface area contributed by atoms with E-state index in [4.69, 9.17) is 4.52 Å². The highest BCUT2D eigenvalue weighted by molar-refractivity contribution is 9.10. The van der Waals surface area contributed by atoms with E-state index in [2.05, 4.69) is 56.6 Å². The van der Waals surface area contributed by atoms with E-state index in [1.807, 2.05) is 18.3 Å². The van der Waals surface area contributed by atoms with Crippen LogP contribution >= 0.6 is 15.9 Å². The van der Waals surface area contributed by atoms with Crippen molar-refractivity contribution in [2.75, 3.05) is 0 Å². The topological polar surface area (TPSA) is 43.9 Å². The van der Waals surface area contributed by atoms with Crippen LogP contribution in [0.5, 0.6) is 0 Å². The van der Waals surface area contributed by atoms with Crippen molar-refractivity contribution in [3.8, 4) is 0 Å². The molecule has 2 heterocycles. The van der Waals surface area contributed by atoms with Crippen LogP contribution in [0.15, 0.2) is 39.5 Å². The van der Waals surface area contributed by atoms with Gasteiger partial charge in [0.1, 0.15) is 6.54 Å². The molecule has 0 amide bonds. The summed E-state index contributed by atoms with van der Waals surface area (Å²) in [4.78, 5) is 4.40. The molecule has 0 aliphatic carbocycles. The van der Waals surface area contributed by atoms with Crippen LogP contribution in [-0.4, -0.2) is 14.7 Å². The summed E-state index contributed by atoms with van der Waals surface area (Å²) in [5.41, 5.74) is 1.15. The Hall–Kier alpha value is -1.62. The molecular formula is C14H14BrN3O. The third-order valence-corrected chi connectivity index (χ3v) is 3.76. The number of nitrogens with zero attached hydrogens (tertiary/aromatic N) is 3. The second-order valence-corrected chi connectivity index (χ2v) is 5.67. The molecule has 5 heteroatoms. The lowest BCUT2D eigenvalue weighted by Gasteiger charge is -2.01. The minimum Gasteiger partial charge on any atom is -0.338 e. The third-order valence-electron chi connectivity index (χ3n) is 3.07. The Morgan fingerprint density at radius 3 is 2.89 bits per heavy atom. The quantitative estimate of drug-likeness (QED) is 0.734. The fourth-order valence-corrected chi connectivity index (χ4v) is 2.52. The Labute approximate surface area is 119 Å². The number of hydrogen-bond donors (Lipinski definition) is 0. The largest absolute Gasteiger partial charge is 0.338 e. The molecule has 0 saturated heterocycles. The van der Waals surface area contributed by atoms with Gasteiger partial charge in [-0.25, -0.2) is 0 Å². The second kappa shape index (κ2) is 4.81. The van der Waals surface area contributed by atoms with E-state index in [1.165, 1.54) is 5.39 Å². The fourth-order valence-electron chi connectivity index (χ4n) is 2.04. The van der Waals surface area contributed by atoms with Crippen molar-refractivity contribution in [3.63, 3.8) is 0 Å². The third kappa shape index (κ3) is 2.30. The number of hydrogen-bond acceptors (Lipinski definition) is 3. The summed E-state index contributed by atoms with van der Waals surface area (Å²) in [6.45, 7) is 4.70. The highest BCUT2D eigenvalue weighted by atomic mass is 79.9. The molecule has 0 N–H and O–H groups in total. The van der Waals surface area contributed by atoms with Gasteiger partial charge < -0.3 is 9.09 Å². The molecule has 1 aromatic carbocycles. The first-order chi connectivity index (χ1) is 9.15. The van der Waals surface area contributed by atoms with Crippen LogP contribution in [0.2, 0.25) is 0 Å². The number of halogens is 1. The van der Waals surface area contributed by atoms with Gasteiger partial charge in [-0.2, -0.15) is 4.98 Å². The molecular weight excluding hydrogens is 306 g/mol. The van der Waals surface area contributed by atoms with Crippen LogP contribution in [0.25, 0.3) is 10.9 Å². The summed E-state index contributed by atoms with van der Waals surface area (Å²) in [5, 5.41) is 5.17. The van der Waals surface area contributed by atoms with Gasteiger partial charge in [0, 0.05) is 27.5 Å². The number of aromatic nitrogens is 3. The molecule has 0 atom stereocenters. The molecule has 0 bridgehead atoms. The van der Waals surface area contributed by atoms with Gasteiger partial charge in [-0.1, -0.05) is 41.0 Å². The van der Waals surface area contributed by atoms with E-state index in [1.54, 1.807) is 0 Å².